The first-order valence-corrected chi connectivity index (χ1v) is 10.7. The molecule has 32 heavy (non-hydrogen) atoms. The van der Waals surface area contributed by atoms with E-state index in [0.717, 1.165) is 33.3 Å². The minimum atomic E-state index is -0.256. The molecule has 0 aliphatic rings. The average molecular weight is 429 g/mol. The second-order valence-electron chi connectivity index (χ2n) is 8.44. The van der Waals surface area contributed by atoms with Crippen molar-refractivity contribution in [3.8, 4) is 11.6 Å². The van der Waals surface area contributed by atoms with E-state index in [2.05, 4.69) is 43.3 Å². The molecule has 1 amide bonds. The van der Waals surface area contributed by atoms with E-state index in [4.69, 9.17) is 9.72 Å². The van der Waals surface area contributed by atoms with Crippen molar-refractivity contribution in [2.24, 2.45) is 0 Å². The van der Waals surface area contributed by atoms with E-state index in [1.54, 1.807) is 4.68 Å². The quantitative estimate of drug-likeness (QED) is 0.469. The Bertz CT molecular complexity index is 1340. The minimum Gasteiger partial charge on any atom is -0.484 e. The lowest BCUT2D eigenvalue weighted by Crippen LogP contribution is -2.22. The van der Waals surface area contributed by atoms with Crippen molar-refractivity contribution in [3.05, 3.63) is 76.0 Å². The number of aromatic nitrogens is 3. The summed E-state index contributed by atoms with van der Waals surface area (Å²) in [7, 11) is 0. The highest BCUT2D eigenvalue weighted by Gasteiger charge is 2.15. The number of nitrogens with one attached hydrogen (secondary N) is 1. The number of carbonyl (C=O) groups excluding carboxylic acids is 1. The summed E-state index contributed by atoms with van der Waals surface area (Å²) < 4.78 is 7.35. The van der Waals surface area contributed by atoms with Gasteiger partial charge >= 0.3 is 0 Å². The number of nitrogens with zero attached hydrogens (tertiary/aromatic N) is 3. The molecule has 0 radical (unpaired) electrons. The van der Waals surface area contributed by atoms with Gasteiger partial charge < -0.3 is 10.1 Å². The molecule has 164 valence electrons. The highest BCUT2D eigenvalue weighted by Crippen LogP contribution is 2.26. The molecule has 2 aromatic heterocycles. The summed E-state index contributed by atoms with van der Waals surface area (Å²) in [6.45, 7) is 12.1. The van der Waals surface area contributed by atoms with Crippen LogP contribution in [0.3, 0.4) is 0 Å². The van der Waals surface area contributed by atoms with Crippen LogP contribution in [0.1, 0.15) is 33.5 Å². The Morgan fingerprint density at radius 3 is 2.44 bits per heavy atom. The van der Waals surface area contributed by atoms with Gasteiger partial charge in [-0.15, -0.1) is 0 Å². The lowest BCUT2D eigenvalue weighted by Gasteiger charge is -2.13. The Balaban J connectivity index is 1.59. The third kappa shape index (κ3) is 4.35. The molecule has 2 heterocycles. The summed E-state index contributed by atoms with van der Waals surface area (Å²) in [5, 5.41) is 8.61. The van der Waals surface area contributed by atoms with Crippen molar-refractivity contribution < 1.29 is 9.53 Å². The molecule has 4 aromatic rings. The lowest BCUT2D eigenvalue weighted by molar-refractivity contribution is -0.118. The number of hydrogen-bond donors (Lipinski definition) is 1. The SMILES string of the molecule is Cc1cc(C)c2nc(-n3nc(C)cc3NC(=O)COc3ccc(C)c(C)c3)cc(C)c2c1. The summed E-state index contributed by atoms with van der Waals surface area (Å²) >= 11 is 0. The smallest absolute Gasteiger partial charge is 0.263 e. The summed E-state index contributed by atoms with van der Waals surface area (Å²) in [6, 6.07) is 13.9. The molecule has 4 rings (SSSR count). The van der Waals surface area contributed by atoms with Crippen LogP contribution in [-0.4, -0.2) is 27.3 Å². The van der Waals surface area contributed by atoms with Gasteiger partial charge in [0.25, 0.3) is 5.91 Å². The number of pyridine rings is 1. The van der Waals surface area contributed by atoms with E-state index in [9.17, 15) is 4.79 Å². The topological polar surface area (TPSA) is 69.0 Å². The molecule has 0 fully saturated rings. The van der Waals surface area contributed by atoms with Gasteiger partial charge in [-0.25, -0.2) is 4.98 Å². The molecule has 0 saturated carbocycles. The lowest BCUT2D eigenvalue weighted by atomic mass is 10.0. The van der Waals surface area contributed by atoms with Crippen LogP contribution < -0.4 is 10.1 Å². The van der Waals surface area contributed by atoms with Gasteiger partial charge in [-0.1, -0.05) is 17.7 Å². The number of aryl methyl sites for hydroxylation is 6. The molecule has 6 heteroatoms. The Hall–Kier alpha value is -3.67. The zero-order chi connectivity index (χ0) is 23.0. The molecule has 0 spiro atoms. The van der Waals surface area contributed by atoms with E-state index < -0.39 is 0 Å². The predicted octanol–water partition coefficient (Wildman–Crippen LogP) is 5.29. The fraction of sp³-hybridized carbons (Fsp3) is 0.269. The molecule has 0 unspecified atom stereocenters. The molecule has 6 nitrogen and oxygen atoms in total. The van der Waals surface area contributed by atoms with Crippen molar-refractivity contribution in [2.75, 3.05) is 11.9 Å². The van der Waals surface area contributed by atoms with Gasteiger partial charge in [0.2, 0.25) is 0 Å². The van der Waals surface area contributed by atoms with Crippen LogP contribution in [-0.2, 0) is 4.79 Å². The molecule has 0 aliphatic heterocycles. The van der Waals surface area contributed by atoms with Gasteiger partial charge in [0, 0.05) is 11.5 Å². The average Bonchev–Trinajstić information content (AvgIpc) is 3.09. The second-order valence-corrected chi connectivity index (χ2v) is 8.44. The number of rotatable bonds is 5. The largest absolute Gasteiger partial charge is 0.484 e. The number of carbonyl (C=O) groups is 1. The predicted molar refractivity (Wildman–Crippen MR) is 128 cm³/mol. The van der Waals surface area contributed by atoms with Crippen molar-refractivity contribution in [3.63, 3.8) is 0 Å². The van der Waals surface area contributed by atoms with Crippen LogP contribution in [0.25, 0.3) is 16.7 Å². The number of fused-ring (bicyclic) bond motifs is 1. The van der Waals surface area contributed by atoms with Crippen molar-refractivity contribution in [2.45, 2.75) is 41.5 Å². The van der Waals surface area contributed by atoms with Gasteiger partial charge in [0.05, 0.1) is 11.2 Å². The minimum absolute atomic E-state index is 0.0880. The third-order valence-electron chi connectivity index (χ3n) is 5.61. The first-order chi connectivity index (χ1) is 15.2. The standard InChI is InChI=1S/C26H28N4O2/c1-15-9-19(5)26-22(10-15)18(4)12-23(28-26)30-24(13-20(6)29-30)27-25(31)14-32-21-8-7-16(2)17(3)11-21/h7-13H,14H2,1-6H3,(H,27,31). The maximum atomic E-state index is 12.6. The summed E-state index contributed by atoms with van der Waals surface area (Å²) in [5.74, 6) is 1.65. The fourth-order valence-electron chi connectivity index (χ4n) is 3.83. The number of amides is 1. The van der Waals surface area contributed by atoms with Crippen LogP contribution in [0.15, 0.2) is 42.5 Å². The van der Waals surface area contributed by atoms with Crippen LogP contribution in [0.2, 0.25) is 0 Å². The first-order valence-electron chi connectivity index (χ1n) is 10.7. The molecule has 2 aromatic carbocycles. The van der Waals surface area contributed by atoms with Crippen molar-refractivity contribution in [1.29, 1.82) is 0 Å². The maximum Gasteiger partial charge on any atom is 0.263 e. The summed E-state index contributed by atoms with van der Waals surface area (Å²) in [4.78, 5) is 17.5. The van der Waals surface area contributed by atoms with Gasteiger partial charge in [-0.3, -0.25) is 4.79 Å². The van der Waals surface area contributed by atoms with E-state index >= 15 is 0 Å². The second kappa shape index (κ2) is 8.46. The van der Waals surface area contributed by atoms with E-state index in [0.29, 0.717) is 17.4 Å². The monoisotopic (exact) mass is 428 g/mol. The Kier molecular flexibility index (Phi) is 5.70. The zero-order valence-electron chi connectivity index (χ0n) is 19.4. The number of hydrogen-bond acceptors (Lipinski definition) is 4. The summed E-state index contributed by atoms with van der Waals surface area (Å²) in [6.07, 6.45) is 0. The Morgan fingerprint density at radius 1 is 0.906 bits per heavy atom. The molecular formula is C26H28N4O2. The van der Waals surface area contributed by atoms with Gasteiger partial charge in [0.15, 0.2) is 12.4 Å². The Morgan fingerprint density at radius 2 is 1.69 bits per heavy atom. The fourth-order valence-corrected chi connectivity index (χ4v) is 3.83. The molecule has 1 N–H and O–H groups in total. The zero-order valence-corrected chi connectivity index (χ0v) is 19.4. The maximum absolute atomic E-state index is 12.6. The highest BCUT2D eigenvalue weighted by molar-refractivity contribution is 5.91. The summed E-state index contributed by atoms with van der Waals surface area (Å²) in [5.41, 5.74) is 7.47. The third-order valence-corrected chi connectivity index (χ3v) is 5.61. The molecule has 0 saturated heterocycles. The van der Waals surface area contributed by atoms with Gasteiger partial charge in [-0.05, 0) is 88.1 Å². The van der Waals surface area contributed by atoms with E-state index in [1.165, 1.54) is 11.1 Å². The van der Waals surface area contributed by atoms with Crippen molar-refractivity contribution in [1.82, 2.24) is 14.8 Å². The molecule has 0 atom stereocenters. The normalized spacial score (nSPS) is 11.1. The first kappa shape index (κ1) is 21.6. The number of benzene rings is 2. The van der Waals surface area contributed by atoms with Crippen LogP contribution >= 0.6 is 0 Å². The van der Waals surface area contributed by atoms with Crippen LogP contribution in [0.4, 0.5) is 5.82 Å². The molecule has 0 bridgehead atoms. The molecular weight excluding hydrogens is 400 g/mol. The van der Waals surface area contributed by atoms with E-state index in [-0.39, 0.29) is 12.5 Å². The number of ether oxygens (including phenoxy) is 1. The van der Waals surface area contributed by atoms with Gasteiger partial charge in [0.1, 0.15) is 11.6 Å². The molecule has 0 aliphatic carbocycles. The van der Waals surface area contributed by atoms with Crippen molar-refractivity contribution >= 4 is 22.6 Å². The van der Waals surface area contributed by atoms with Gasteiger partial charge in [-0.2, -0.15) is 9.78 Å². The highest BCUT2D eigenvalue weighted by atomic mass is 16.5. The number of anilines is 1. The van der Waals surface area contributed by atoms with Crippen LogP contribution in [0.5, 0.6) is 5.75 Å². The Labute approximate surface area is 188 Å². The van der Waals surface area contributed by atoms with Crippen LogP contribution in [0, 0.1) is 41.5 Å². The van der Waals surface area contributed by atoms with E-state index in [1.807, 2.05) is 51.1 Å².